The van der Waals surface area contributed by atoms with E-state index in [1.165, 1.54) is 0 Å². The normalized spacial score (nSPS) is 16.2. The second-order valence-corrected chi connectivity index (χ2v) is 7.71. The van der Waals surface area contributed by atoms with E-state index >= 15 is 0 Å². The van der Waals surface area contributed by atoms with E-state index in [0.29, 0.717) is 41.1 Å². The molecule has 10 nitrogen and oxygen atoms in total. The Balaban J connectivity index is 1.90. The fraction of sp³-hybridized carbons (Fsp3) is 0.474. The van der Waals surface area contributed by atoms with Crippen molar-refractivity contribution in [2.24, 2.45) is 13.0 Å². The molecule has 154 valence electrons. The summed E-state index contributed by atoms with van der Waals surface area (Å²) in [6.45, 7) is 7.11. The van der Waals surface area contributed by atoms with Crippen molar-refractivity contribution in [2.45, 2.75) is 26.8 Å². The van der Waals surface area contributed by atoms with Crippen molar-refractivity contribution in [1.29, 1.82) is 0 Å². The van der Waals surface area contributed by atoms with Gasteiger partial charge in [0, 0.05) is 30.9 Å². The van der Waals surface area contributed by atoms with Crippen LogP contribution in [0.25, 0.3) is 22.2 Å². The van der Waals surface area contributed by atoms with Crippen LogP contribution in [0.1, 0.15) is 26.8 Å². The van der Waals surface area contributed by atoms with Gasteiger partial charge >= 0.3 is 0 Å². The Kier molecular flexibility index (Phi) is 4.65. The van der Waals surface area contributed by atoms with Gasteiger partial charge in [0.25, 0.3) is 11.5 Å². The Morgan fingerprint density at radius 3 is 2.72 bits per heavy atom. The molecule has 0 aromatic carbocycles. The molecule has 0 radical (unpaired) electrons. The highest BCUT2D eigenvalue weighted by molar-refractivity contribution is 5.99. The molecule has 0 aliphatic carbocycles. The number of nitrogens with zero attached hydrogens (tertiary/aromatic N) is 5. The third-order valence-electron chi connectivity index (χ3n) is 5.58. The van der Waals surface area contributed by atoms with Gasteiger partial charge in [-0.1, -0.05) is 13.8 Å². The van der Waals surface area contributed by atoms with Crippen molar-refractivity contribution in [3.8, 4) is 11.3 Å². The van der Waals surface area contributed by atoms with Gasteiger partial charge in [-0.15, -0.1) is 0 Å². The number of pyridine rings is 1. The standard InChI is InChI=1S/C19H25N7O3/c1-10(2)11(3)26-8-12(17-16(19(26)28)18(20)22-21-17)13-7-14(24(4)23-13)25-5-6-29-9-15(25)27/h7-8,10-11H,5-6,9H2,1-4H3,(H3,20,21,22)/t11-/m0/s1. The molecule has 3 aromatic rings. The number of nitrogens with one attached hydrogen (secondary N) is 1. The number of nitrogen functional groups attached to an aromatic ring is 1. The van der Waals surface area contributed by atoms with Gasteiger partial charge < -0.3 is 15.0 Å². The largest absolute Gasteiger partial charge is 0.382 e. The molecule has 3 aromatic heterocycles. The summed E-state index contributed by atoms with van der Waals surface area (Å²) in [5.74, 6) is 0.969. The minimum absolute atomic E-state index is 0.0380. The number of morpholine rings is 1. The van der Waals surface area contributed by atoms with Gasteiger partial charge in [-0.2, -0.15) is 10.2 Å². The van der Waals surface area contributed by atoms with Crippen LogP contribution in [0.15, 0.2) is 17.1 Å². The van der Waals surface area contributed by atoms with E-state index in [4.69, 9.17) is 10.5 Å². The van der Waals surface area contributed by atoms with Crippen LogP contribution in [-0.4, -0.2) is 50.2 Å². The zero-order valence-corrected chi connectivity index (χ0v) is 17.0. The first kappa shape index (κ1) is 19.2. The van der Waals surface area contributed by atoms with Crippen molar-refractivity contribution in [3.63, 3.8) is 0 Å². The van der Waals surface area contributed by atoms with Crippen LogP contribution in [-0.2, 0) is 16.6 Å². The first-order valence-corrected chi connectivity index (χ1v) is 9.60. The number of anilines is 2. The van der Waals surface area contributed by atoms with Crippen molar-refractivity contribution in [3.05, 3.63) is 22.6 Å². The van der Waals surface area contributed by atoms with E-state index in [-0.39, 0.29) is 35.9 Å². The number of hydrogen-bond acceptors (Lipinski definition) is 6. The first-order valence-electron chi connectivity index (χ1n) is 9.60. The van der Waals surface area contributed by atoms with Crippen LogP contribution in [0.4, 0.5) is 11.6 Å². The number of aromatic amines is 1. The van der Waals surface area contributed by atoms with Crippen molar-refractivity contribution >= 4 is 28.4 Å². The number of ether oxygens (including phenoxy) is 1. The van der Waals surface area contributed by atoms with Crippen molar-refractivity contribution in [2.75, 3.05) is 30.4 Å². The number of aromatic nitrogens is 5. The lowest BCUT2D eigenvalue weighted by Crippen LogP contribution is -2.42. The molecule has 0 saturated carbocycles. The summed E-state index contributed by atoms with van der Waals surface area (Å²) in [7, 11) is 1.78. The first-order chi connectivity index (χ1) is 13.8. The molecule has 1 atom stereocenters. The zero-order valence-electron chi connectivity index (χ0n) is 17.0. The highest BCUT2D eigenvalue weighted by Crippen LogP contribution is 2.31. The molecule has 3 N–H and O–H groups in total. The predicted octanol–water partition coefficient (Wildman–Crippen LogP) is 1.29. The Hall–Kier alpha value is -3.14. The summed E-state index contributed by atoms with van der Waals surface area (Å²) in [4.78, 5) is 26.9. The van der Waals surface area contributed by atoms with Crippen molar-refractivity contribution in [1.82, 2.24) is 24.5 Å². The summed E-state index contributed by atoms with van der Waals surface area (Å²) >= 11 is 0. The van der Waals surface area contributed by atoms with Gasteiger partial charge in [0.1, 0.15) is 17.8 Å². The predicted molar refractivity (Wildman–Crippen MR) is 110 cm³/mol. The number of aryl methyl sites for hydroxylation is 1. The number of rotatable bonds is 4. The molecular formula is C19H25N7O3. The summed E-state index contributed by atoms with van der Waals surface area (Å²) < 4.78 is 8.56. The number of carbonyl (C=O) groups is 1. The van der Waals surface area contributed by atoms with Crippen LogP contribution in [0.5, 0.6) is 0 Å². The summed E-state index contributed by atoms with van der Waals surface area (Å²) in [6.07, 6.45) is 1.79. The van der Waals surface area contributed by atoms with Gasteiger partial charge in [0.2, 0.25) is 0 Å². The average Bonchev–Trinajstić information content (AvgIpc) is 3.25. The van der Waals surface area contributed by atoms with Gasteiger partial charge in [-0.25, -0.2) is 0 Å². The zero-order chi connectivity index (χ0) is 20.9. The van der Waals surface area contributed by atoms with Gasteiger partial charge in [-0.05, 0) is 12.8 Å². The molecule has 4 heterocycles. The molecule has 0 unspecified atom stereocenters. The fourth-order valence-electron chi connectivity index (χ4n) is 3.58. The Labute approximate surface area is 167 Å². The van der Waals surface area contributed by atoms with E-state index in [9.17, 15) is 9.59 Å². The lowest BCUT2D eigenvalue weighted by molar-refractivity contribution is -0.125. The lowest BCUT2D eigenvalue weighted by Gasteiger charge is -2.26. The van der Waals surface area contributed by atoms with E-state index in [0.717, 1.165) is 0 Å². The highest BCUT2D eigenvalue weighted by atomic mass is 16.5. The maximum atomic E-state index is 13.0. The molecule has 29 heavy (non-hydrogen) atoms. The Morgan fingerprint density at radius 2 is 2.03 bits per heavy atom. The third kappa shape index (κ3) is 3.09. The molecule has 1 aliphatic heterocycles. The van der Waals surface area contributed by atoms with Crippen LogP contribution < -0.4 is 16.2 Å². The fourth-order valence-corrected chi connectivity index (χ4v) is 3.58. The lowest BCUT2D eigenvalue weighted by atomic mass is 10.0. The van der Waals surface area contributed by atoms with E-state index in [1.54, 1.807) is 27.4 Å². The van der Waals surface area contributed by atoms with Crippen LogP contribution in [0.3, 0.4) is 0 Å². The number of carbonyl (C=O) groups excluding carboxylic acids is 1. The summed E-state index contributed by atoms with van der Waals surface area (Å²) in [5, 5.41) is 11.9. The molecule has 0 spiro atoms. The molecule has 10 heteroatoms. The topological polar surface area (TPSA) is 124 Å². The minimum Gasteiger partial charge on any atom is -0.382 e. The number of fused-ring (bicyclic) bond motifs is 1. The van der Waals surface area contributed by atoms with Gasteiger partial charge in [-0.3, -0.25) is 24.3 Å². The van der Waals surface area contributed by atoms with Gasteiger partial charge in [0.15, 0.2) is 5.82 Å². The maximum Gasteiger partial charge on any atom is 0.264 e. The molecule has 4 rings (SSSR count). The molecule has 1 aliphatic rings. The second kappa shape index (κ2) is 7.03. The second-order valence-electron chi connectivity index (χ2n) is 7.71. The van der Waals surface area contributed by atoms with Gasteiger partial charge in [0.05, 0.1) is 24.4 Å². The van der Waals surface area contributed by atoms with E-state index < -0.39 is 0 Å². The molecular weight excluding hydrogens is 374 g/mol. The Bertz CT molecular complexity index is 1140. The number of amides is 1. The number of H-pyrrole nitrogens is 1. The molecule has 1 fully saturated rings. The number of hydrogen-bond donors (Lipinski definition) is 2. The SMILES string of the molecule is CC(C)[C@H](C)n1cc(-c2cc(N3CCOCC3=O)n(C)n2)c2[nH]nc(N)c2c1=O. The number of nitrogens with two attached hydrogens (primary N) is 1. The van der Waals surface area contributed by atoms with Crippen molar-refractivity contribution < 1.29 is 9.53 Å². The van der Waals surface area contributed by atoms with Crippen LogP contribution >= 0.6 is 0 Å². The molecule has 1 amide bonds. The minimum atomic E-state index is -0.185. The summed E-state index contributed by atoms with van der Waals surface area (Å²) in [6, 6.07) is 1.80. The Morgan fingerprint density at radius 1 is 1.28 bits per heavy atom. The third-order valence-corrected chi connectivity index (χ3v) is 5.58. The monoisotopic (exact) mass is 399 g/mol. The van der Waals surface area contributed by atoms with E-state index in [1.807, 2.05) is 13.0 Å². The van der Waals surface area contributed by atoms with E-state index in [2.05, 4.69) is 29.1 Å². The van der Waals surface area contributed by atoms with Crippen LogP contribution in [0.2, 0.25) is 0 Å². The maximum absolute atomic E-state index is 13.0. The average molecular weight is 399 g/mol. The molecule has 1 saturated heterocycles. The smallest absolute Gasteiger partial charge is 0.264 e. The van der Waals surface area contributed by atoms with Crippen LogP contribution in [0, 0.1) is 5.92 Å². The summed E-state index contributed by atoms with van der Waals surface area (Å²) in [5.41, 5.74) is 7.68. The quantitative estimate of drug-likeness (QED) is 0.681. The molecule has 0 bridgehead atoms. The highest BCUT2D eigenvalue weighted by Gasteiger charge is 2.26.